The molecule has 2 nitrogen and oxygen atoms in total. The predicted octanol–water partition coefficient (Wildman–Crippen LogP) is 6.90. The molecule has 0 fully saturated rings. The van der Waals surface area contributed by atoms with E-state index < -0.39 is 18.4 Å². The molecular formula is C26H36N2Sn. The number of nitrogens with zero attached hydrogens (tertiary/aromatic N) is 2. The summed E-state index contributed by atoms with van der Waals surface area (Å²) in [6.45, 7) is 5.77. The second-order valence-electron chi connectivity index (χ2n) is 8.27. The van der Waals surface area contributed by atoms with Gasteiger partial charge in [-0.3, -0.25) is 0 Å². The van der Waals surface area contributed by atoms with Crippen molar-refractivity contribution in [3.05, 3.63) is 73.1 Å². The van der Waals surface area contributed by atoms with Crippen LogP contribution in [0.2, 0.25) is 13.3 Å². The molecule has 154 valence electrons. The van der Waals surface area contributed by atoms with Crippen molar-refractivity contribution in [1.29, 1.82) is 0 Å². The fraction of sp³-hybridized carbons (Fsp3) is 0.423. The number of hydrogen-bond donors (Lipinski definition) is 0. The van der Waals surface area contributed by atoms with Crippen molar-refractivity contribution in [1.82, 2.24) is 9.55 Å². The van der Waals surface area contributed by atoms with Gasteiger partial charge in [-0.2, -0.15) is 0 Å². The molecule has 0 atom stereocenters. The number of imidazole rings is 1. The van der Waals surface area contributed by atoms with Crippen LogP contribution in [0.15, 0.2) is 73.1 Å². The standard InChI is InChI=1S/C12H13N2.C6H5.2C4H9.Sn/c1-2-9-14-10-8-13-12(14)11-6-4-3-5-7-11;1-2-4-6-5-3-1;2*1-3-4-2;/h3-8,10H,1-2,9H2;1-5H;2*1,3-4H2,2H3;. The number of rotatable bonds is 12. The zero-order chi connectivity index (χ0) is 20.4. The molecule has 0 spiro atoms. The summed E-state index contributed by atoms with van der Waals surface area (Å²) < 4.78 is 8.56. The topological polar surface area (TPSA) is 17.8 Å². The van der Waals surface area contributed by atoms with Crippen LogP contribution < -0.4 is 3.58 Å². The van der Waals surface area contributed by atoms with E-state index in [1.807, 2.05) is 6.20 Å². The van der Waals surface area contributed by atoms with Gasteiger partial charge in [0.2, 0.25) is 0 Å². The molecule has 0 aliphatic heterocycles. The molecule has 3 rings (SSSR count). The van der Waals surface area contributed by atoms with Crippen LogP contribution >= 0.6 is 0 Å². The van der Waals surface area contributed by atoms with Crippen molar-refractivity contribution >= 4 is 22.0 Å². The van der Waals surface area contributed by atoms with Gasteiger partial charge in [-0.25, -0.2) is 0 Å². The van der Waals surface area contributed by atoms with Crippen LogP contribution in [0.3, 0.4) is 0 Å². The molecule has 0 amide bonds. The first-order chi connectivity index (χ1) is 14.3. The molecule has 3 aromatic rings. The first kappa shape index (κ1) is 22.1. The molecule has 0 unspecified atom stereocenters. The molecule has 0 aliphatic rings. The third-order valence-electron chi connectivity index (χ3n) is 6.21. The third-order valence-corrected chi connectivity index (χ3v) is 21.9. The average molecular weight is 495 g/mol. The maximum absolute atomic E-state index is 4.64. The van der Waals surface area contributed by atoms with Gasteiger partial charge in [-0.1, -0.05) is 0 Å². The second kappa shape index (κ2) is 11.6. The quantitative estimate of drug-likeness (QED) is 0.250. The van der Waals surface area contributed by atoms with Gasteiger partial charge >= 0.3 is 182 Å². The molecule has 1 aromatic heterocycles. The molecule has 29 heavy (non-hydrogen) atoms. The molecule has 0 saturated carbocycles. The summed E-state index contributed by atoms with van der Waals surface area (Å²) in [7, 11) is 0. The van der Waals surface area contributed by atoms with Crippen molar-refractivity contribution in [2.45, 2.75) is 65.8 Å². The number of aromatic nitrogens is 2. The van der Waals surface area contributed by atoms with E-state index in [-0.39, 0.29) is 0 Å². The Balaban J connectivity index is 1.76. The third kappa shape index (κ3) is 5.97. The summed E-state index contributed by atoms with van der Waals surface area (Å²) in [4.78, 5) is 4.64. The van der Waals surface area contributed by atoms with E-state index >= 15 is 0 Å². The molecule has 2 aromatic carbocycles. The predicted molar refractivity (Wildman–Crippen MR) is 128 cm³/mol. The Hall–Kier alpha value is -1.55. The van der Waals surface area contributed by atoms with Gasteiger partial charge in [-0.15, -0.1) is 0 Å². The summed E-state index contributed by atoms with van der Waals surface area (Å²) in [5, 5.41) is 0. The van der Waals surface area contributed by atoms with E-state index in [0.29, 0.717) is 0 Å². The SMILES string of the molecule is CCC[CH2][Sn]([CH2]CCC)([CH2]CCn1ccnc1-c1ccccc1)[c]1ccccc1. The Bertz CT molecular complexity index is 818. The molecule has 0 radical (unpaired) electrons. The summed E-state index contributed by atoms with van der Waals surface area (Å²) in [6.07, 6.45) is 10.8. The summed E-state index contributed by atoms with van der Waals surface area (Å²) in [5.41, 5.74) is 1.22. The Labute approximate surface area is 181 Å². The minimum absolute atomic E-state index is 1.08. The van der Waals surface area contributed by atoms with E-state index in [1.54, 1.807) is 3.58 Å². The first-order valence-corrected chi connectivity index (χ1v) is 18.9. The minimum atomic E-state index is -2.39. The van der Waals surface area contributed by atoms with Crippen LogP contribution in [0.5, 0.6) is 0 Å². The molecular weight excluding hydrogens is 459 g/mol. The summed E-state index contributed by atoms with van der Waals surface area (Å²) in [6, 6.07) is 22.2. The van der Waals surface area contributed by atoms with Crippen LogP contribution in [-0.2, 0) is 6.54 Å². The Morgan fingerprint density at radius 2 is 1.34 bits per heavy atom. The average Bonchev–Trinajstić information content (AvgIpc) is 3.25. The number of aryl methyl sites for hydroxylation is 1. The maximum atomic E-state index is 4.64. The summed E-state index contributed by atoms with van der Waals surface area (Å²) in [5.74, 6) is 1.10. The first-order valence-electron chi connectivity index (χ1n) is 11.4. The van der Waals surface area contributed by atoms with Crippen molar-refractivity contribution in [3.63, 3.8) is 0 Å². The van der Waals surface area contributed by atoms with Gasteiger partial charge in [0.1, 0.15) is 0 Å². The monoisotopic (exact) mass is 496 g/mol. The molecule has 0 N–H and O–H groups in total. The summed E-state index contributed by atoms with van der Waals surface area (Å²) >= 11 is -2.39. The van der Waals surface area contributed by atoms with Crippen LogP contribution in [0.25, 0.3) is 11.4 Å². The van der Waals surface area contributed by atoms with Gasteiger partial charge in [0, 0.05) is 0 Å². The van der Waals surface area contributed by atoms with Gasteiger partial charge in [0.25, 0.3) is 0 Å². The molecule has 0 bridgehead atoms. The zero-order valence-corrected chi connectivity index (χ0v) is 21.0. The van der Waals surface area contributed by atoms with Gasteiger partial charge in [0.15, 0.2) is 0 Å². The van der Waals surface area contributed by atoms with Crippen LogP contribution in [0.4, 0.5) is 0 Å². The molecule has 0 saturated heterocycles. The van der Waals surface area contributed by atoms with E-state index in [9.17, 15) is 0 Å². The zero-order valence-electron chi connectivity index (χ0n) is 18.2. The fourth-order valence-corrected chi connectivity index (χ4v) is 20.0. The Kier molecular flexibility index (Phi) is 8.85. The Morgan fingerprint density at radius 1 is 0.759 bits per heavy atom. The van der Waals surface area contributed by atoms with E-state index in [1.165, 1.54) is 51.0 Å². The second-order valence-corrected chi connectivity index (χ2v) is 21.5. The number of hydrogen-bond acceptors (Lipinski definition) is 1. The van der Waals surface area contributed by atoms with E-state index in [0.717, 1.165) is 12.4 Å². The van der Waals surface area contributed by atoms with Gasteiger partial charge in [-0.05, 0) is 0 Å². The molecule has 3 heteroatoms. The van der Waals surface area contributed by atoms with Gasteiger partial charge in [0.05, 0.1) is 0 Å². The van der Waals surface area contributed by atoms with E-state index in [2.05, 4.69) is 90.3 Å². The normalized spacial score (nSPS) is 11.7. The molecule has 0 aliphatic carbocycles. The van der Waals surface area contributed by atoms with Crippen molar-refractivity contribution in [2.24, 2.45) is 0 Å². The molecule has 1 heterocycles. The fourth-order valence-electron chi connectivity index (χ4n) is 4.56. The van der Waals surface area contributed by atoms with Crippen molar-refractivity contribution in [3.8, 4) is 11.4 Å². The van der Waals surface area contributed by atoms with Gasteiger partial charge < -0.3 is 0 Å². The van der Waals surface area contributed by atoms with Crippen LogP contribution in [0, 0.1) is 0 Å². The van der Waals surface area contributed by atoms with Crippen molar-refractivity contribution in [2.75, 3.05) is 0 Å². The van der Waals surface area contributed by atoms with Crippen LogP contribution in [0.1, 0.15) is 46.0 Å². The van der Waals surface area contributed by atoms with Crippen molar-refractivity contribution < 1.29 is 0 Å². The number of unbranched alkanes of at least 4 members (excludes halogenated alkanes) is 2. The van der Waals surface area contributed by atoms with Crippen LogP contribution in [-0.4, -0.2) is 27.9 Å². The number of benzene rings is 2. The Morgan fingerprint density at radius 3 is 1.97 bits per heavy atom. The van der Waals surface area contributed by atoms with E-state index in [4.69, 9.17) is 0 Å².